The molecule has 0 bridgehead atoms. The summed E-state index contributed by atoms with van der Waals surface area (Å²) in [5.74, 6) is -1.37. The number of carbonyl (C=O) groups is 2. The lowest BCUT2D eigenvalue weighted by Gasteiger charge is -2.19. The molecule has 5 N–H and O–H groups in total. The first kappa shape index (κ1) is 25.1. The molecule has 4 heterocycles. The number of aromatic carboxylic acids is 1. The highest BCUT2D eigenvalue weighted by Gasteiger charge is 2.18. The predicted octanol–water partition coefficient (Wildman–Crippen LogP) is 3.65. The molecule has 38 heavy (non-hydrogen) atoms. The van der Waals surface area contributed by atoms with Gasteiger partial charge < -0.3 is 30.4 Å². The Morgan fingerprint density at radius 3 is 1.82 bits per heavy atom. The van der Waals surface area contributed by atoms with Gasteiger partial charge >= 0.3 is 11.9 Å². The number of carboxylic acids is 1. The molecular formula is C28H28N4O6. The van der Waals surface area contributed by atoms with Crippen LogP contribution in [-0.2, 0) is 17.6 Å². The summed E-state index contributed by atoms with van der Waals surface area (Å²) in [6.45, 7) is 3.80. The minimum absolute atomic E-state index is 0.0827. The van der Waals surface area contributed by atoms with Crippen LogP contribution < -0.4 is 21.8 Å². The molecule has 10 heteroatoms. The number of rotatable bonds is 3. The Morgan fingerprint density at radius 1 is 0.816 bits per heavy atom. The van der Waals surface area contributed by atoms with Crippen molar-refractivity contribution in [2.45, 2.75) is 32.6 Å². The van der Waals surface area contributed by atoms with Crippen molar-refractivity contribution < 1.29 is 19.4 Å². The van der Waals surface area contributed by atoms with Crippen LogP contribution in [0.5, 0.6) is 0 Å². The average molecular weight is 517 g/mol. The number of hydrogen-bond acceptors (Lipinski definition) is 7. The summed E-state index contributed by atoms with van der Waals surface area (Å²) in [4.78, 5) is 52.2. The third-order valence-electron chi connectivity index (χ3n) is 6.79. The van der Waals surface area contributed by atoms with Crippen molar-refractivity contribution in [3.05, 3.63) is 79.4 Å². The lowest BCUT2D eigenvalue weighted by atomic mass is 10.0. The molecule has 4 aromatic rings. The summed E-state index contributed by atoms with van der Waals surface area (Å²) in [5.41, 5.74) is 4.93. The van der Waals surface area contributed by atoms with Crippen LogP contribution in [0.15, 0.2) is 46.0 Å². The van der Waals surface area contributed by atoms with Gasteiger partial charge in [0.05, 0.1) is 40.1 Å². The lowest BCUT2D eigenvalue weighted by Crippen LogP contribution is -2.22. The molecule has 0 spiro atoms. The van der Waals surface area contributed by atoms with E-state index in [1.807, 2.05) is 6.07 Å². The molecule has 2 aliphatic heterocycles. The first-order chi connectivity index (χ1) is 18.4. The fraction of sp³-hybridized carbons (Fsp3) is 0.286. The molecule has 0 saturated carbocycles. The van der Waals surface area contributed by atoms with Crippen molar-refractivity contribution in [3.63, 3.8) is 0 Å². The van der Waals surface area contributed by atoms with Crippen molar-refractivity contribution in [1.82, 2.24) is 9.97 Å². The van der Waals surface area contributed by atoms with Gasteiger partial charge in [-0.1, -0.05) is 0 Å². The van der Waals surface area contributed by atoms with Crippen LogP contribution in [0.4, 0.5) is 11.4 Å². The van der Waals surface area contributed by atoms with Gasteiger partial charge in [-0.05, 0) is 69.0 Å². The third-order valence-corrected chi connectivity index (χ3v) is 6.79. The summed E-state index contributed by atoms with van der Waals surface area (Å²) in [6.07, 6.45) is 3.44. The Labute approximate surface area is 217 Å². The van der Waals surface area contributed by atoms with E-state index < -0.39 is 5.97 Å². The van der Waals surface area contributed by atoms with Gasteiger partial charge in [-0.3, -0.25) is 9.59 Å². The summed E-state index contributed by atoms with van der Waals surface area (Å²) in [6, 6.07) is 10.1. The normalized spacial score (nSPS) is 13.8. The van der Waals surface area contributed by atoms with Gasteiger partial charge in [0.2, 0.25) is 0 Å². The summed E-state index contributed by atoms with van der Waals surface area (Å²) >= 11 is 0. The molecule has 196 valence electrons. The highest BCUT2D eigenvalue weighted by atomic mass is 16.5. The Balaban J connectivity index is 0.000000156. The molecule has 0 aliphatic carbocycles. The van der Waals surface area contributed by atoms with Gasteiger partial charge in [0.1, 0.15) is 0 Å². The van der Waals surface area contributed by atoms with E-state index in [9.17, 15) is 19.2 Å². The second kappa shape index (κ2) is 10.4. The summed E-state index contributed by atoms with van der Waals surface area (Å²) in [5, 5.41) is 17.3. The van der Waals surface area contributed by atoms with Crippen molar-refractivity contribution in [2.75, 3.05) is 30.3 Å². The molecule has 0 saturated heterocycles. The van der Waals surface area contributed by atoms with Crippen LogP contribution in [0, 0.1) is 0 Å². The Morgan fingerprint density at radius 2 is 1.32 bits per heavy atom. The minimum atomic E-state index is -0.997. The predicted molar refractivity (Wildman–Crippen MR) is 146 cm³/mol. The van der Waals surface area contributed by atoms with E-state index >= 15 is 0 Å². The molecule has 0 fully saturated rings. The molecular weight excluding hydrogens is 488 g/mol. The number of aromatic amines is 2. The van der Waals surface area contributed by atoms with E-state index in [1.165, 1.54) is 6.07 Å². The maximum atomic E-state index is 12.1. The monoisotopic (exact) mass is 516 g/mol. The fourth-order valence-corrected chi connectivity index (χ4v) is 4.99. The van der Waals surface area contributed by atoms with E-state index in [0.717, 1.165) is 72.0 Å². The van der Waals surface area contributed by atoms with Crippen LogP contribution >= 0.6 is 0 Å². The first-order valence-electron chi connectivity index (χ1n) is 12.6. The number of ether oxygens (including phenoxy) is 1. The number of hydrogen-bond donors (Lipinski definition) is 5. The average Bonchev–Trinajstić information content (AvgIpc) is 2.93. The second-order valence-electron chi connectivity index (χ2n) is 9.22. The number of benzene rings is 2. The Kier molecular flexibility index (Phi) is 6.87. The summed E-state index contributed by atoms with van der Waals surface area (Å²) < 4.78 is 4.97. The van der Waals surface area contributed by atoms with Gasteiger partial charge in [0.25, 0.3) is 11.1 Å². The lowest BCUT2D eigenvalue weighted by molar-refractivity contribution is 0.0526. The van der Waals surface area contributed by atoms with Crippen molar-refractivity contribution in [2.24, 2.45) is 0 Å². The first-order valence-corrected chi connectivity index (χ1v) is 12.6. The van der Waals surface area contributed by atoms with Crippen LogP contribution in [0.2, 0.25) is 0 Å². The van der Waals surface area contributed by atoms with E-state index in [-0.39, 0.29) is 22.7 Å². The standard InChI is InChI=1S/C15H16N2O3.C13H12N2O3/c1-2-20-15(19)9-5-6-10-12(8-9)17-14(18)11-4-3-7-16-13(10)11;16-12-9-2-1-5-14-11(9)8-4-3-7(13(17)18)6-10(8)15-12/h5-6,8,16H,2-4,7H2,1H3,(H,17,18);3-4,6,14H,1-2,5H2,(H,15,16)(H,17,18). The number of fused-ring (bicyclic) bond motifs is 6. The minimum Gasteiger partial charge on any atom is -0.478 e. The van der Waals surface area contributed by atoms with Gasteiger partial charge in [-0.2, -0.15) is 0 Å². The van der Waals surface area contributed by atoms with Gasteiger partial charge in [-0.25, -0.2) is 9.59 Å². The zero-order valence-electron chi connectivity index (χ0n) is 20.9. The summed E-state index contributed by atoms with van der Waals surface area (Å²) in [7, 11) is 0. The molecule has 0 amide bonds. The maximum absolute atomic E-state index is 12.1. The number of H-pyrrole nitrogens is 2. The van der Waals surface area contributed by atoms with Crippen molar-refractivity contribution in [3.8, 4) is 0 Å². The SMILES string of the molecule is CCOC(=O)c1ccc2c3c(c(=O)[nH]c2c1)CCCN3.O=C(O)c1ccc2c3c(c(=O)[nH]c2c1)CCCN3. The molecule has 0 atom stereocenters. The topological polar surface area (TPSA) is 153 Å². The molecule has 0 radical (unpaired) electrons. The van der Waals surface area contributed by atoms with Crippen molar-refractivity contribution >= 4 is 45.1 Å². The van der Waals surface area contributed by atoms with Crippen molar-refractivity contribution in [1.29, 1.82) is 0 Å². The molecule has 0 unspecified atom stereocenters. The molecule has 2 aromatic carbocycles. The molecule has 2 aromatic heterocycles. The maximum Gasteiger partial charge on any atom is 0.338 e. The molecule has 6 rings (SSSR count). The number of esters is 1. The van der Waals surface area contributed by atoms with Gasteiger partial charge in [0.15, 0.2) is 0 Å². The van der Waals surface area contributed by atoms with E-state index in [1.54, 1.807) is 31.2 Å². The Hall–Kier alpha value is -4.60. The van der Waals surface area contributed by atoms with Gasteiger partial charge in [-0.15, -0.1) is 0 Å². The van der Waals surface area contributed by atoms with Crippen LogP contribution in [0.3, 0.4) is 0 Å². The third kappa shape index (κ3) is 4.72. The van der Waals surface area contributed by atoms with Gasteiger partial charge in [0, 0.05) is 35.0 Å². The smallest absolute Gasteiger partial charge is 0.338 e. The zero-order chi connectivity index (χ0) is 26.8. The van der Waals surface area contributed by atoms with Crippen LogP contribution in [-0.4, -0.2) is 46.7 Å². The fourth-order valence-electron chi connectivity index (χ4n) is 4.99. The van der Waals surface area contributed by atoms with E-state index in [4.69, 9.17) is 9.84 Å². The second-order valence-corrected chi connectivity index (χ2v) is 9.22. The highest BCUT2D eigenvalue weighted by Crippen LogP contribution is 2.29. The number of pyridine rings is 2. The number of anilines is 2. The molecule has 10 nitrogen and oxygen atoms in total. The highest BCUT2D eigenvalue weighted by molar-refractivity contribution is 5.99. The van der Waals surface area contributed by atoms with Crippen LogP contribution in [0.1, 0.15) is 51.6 Å². The molecule has 2 aliphatic rings. The largest absolute Gasteiger partial charge is 0.478 e. The number of carbonyl (C=O) groups excluding carboxylic acids is 1. The Bertz CT molecular complexity index is 1690. The quantitative estimate of drug-likeness (QED) is 0.259. The van der Waals surface area contributed by atoms with E-state index in [2.05, 4.69) is 20.6 Å². The number of carboxylic acid groups (broad SMARTS) is 1. The van der Waals surface area contributed by atoms with Crippen LogP contribution in [0.25, 0.3) is 21.8 Å². The number of aromatic nitrogens is 2. The number of nitrogens with one attached hydrogen (secondary N) is 4. The zero-order valence-corrected chi connectivity index (χ0v) is 20.9. The van der Waals surface area contributed by atoms with E-state index in [0.29, 0.717) is 23.2 Å².